The third kappa shape index (κ3) is 6.18. The molecule has 0 fully saturated rings. The van der Waals surface area contributed by atoms with Crippen molar-refractivity contribution in [1.82, 2.24) is 0 Å². The predicted molar refractivity (Wildman–Crippen MR) is 299 cm³/mol. The van der Waals surface area contributed by atoms with E-state index in [1.54, 1.807) is 0 Å². The molecular weight excluding hydrogens is 855 g/mol. The zero-order valence-corrected chi connectivity index (χ0v) is 41.5. The van der Waals surface area contributed by atoms with E-state index in [1.165, 1.54) is 100 Å². The molecular formula is C70H57N. The Balaban J connectivity index is 1.01. The van der Waals surface area contributed by atoms with Crippen LogP contribution >= 0.6 is 0 Å². The summed E-state index contributed by atoms with van der Waals surface area (Å²) in [4.78, 5) is 2.39. The maximum absolute atomic E-state index is 2.58. The van der Waals surface area contributed by atoms with Gasteiger partial charge >= 0.3 is 0 Å². The minimum Gasteiger partial charge on any atom is -0.311 e. The van der Waals surface area contributed by atoms with Crippen LogP contribution in [0.25, 0.3) is 66.8 Å². The minimum atomic E-state index is -0.449. The van der Waals surface area contributed by atoms with Gasteiger partial charge in [-0.2, -0.15) is 0 Å². The van der Waals surface area contributed by atoms with E-state index in [0.717, 1.165) is 17.1 Å². The van der Waals surface area contributed by atoms with Crippen LogP contribution in [0.3, 0.4) is 0 Å². The summed E-state index contributed by atoms with van der Waals surface area (Å²) in [5, 5.41) is 0. The molecule has 0 saturated carbocycles. The number of benzene rings is 10. The quantitative estimate of drug-likeness (QED) is 0.154. The first-order valence-corrected chi connectivity index (χ1v) is 25.3. The molecule has 0 aliphatic heterocycles. The first-order chi connectivity index (χ1) is 34.5. The van der Waals surface area contributed by atoms with E-state index in [2.05, 4.69) is 283 Å². The lowest BCUT2D eigenvalue weighted by Crippen LogP contribution is -2.42. The zero-order valence-electron chi connectivity index (χ0n) is 41.5. The number of hydrogen-bond donors (Lipinski definition) is 0. The van der Waals surface area contributed by atoms with E-state index in [1.807, 2.05) is 0 Å². The number of hydrogen-bond acceptors (Lipinski definition) is 1. The summed E-state index contributed by atoms with van der Waals surface area (Å²) < 4.78 is 0. The van der Waals surface area contributed by atoms with Crippen LogP contribution in [-0.2, 0) is 16.2 Å². The highest BCUT2D eigenvalue weighted by atomic mass is 15.1. The van der Waals surface area contributed by atoms with Gasteiger partial charge in [-0.3, -0.25) is 0 Å². The van der Waals surface area contributed by atoms with Gasteiger partial charge in [0, 0.05) is 17.1 Å². The van der Waals surface area contributed by atoms with Crippen LogP contribution in [-0.4, -0.2) is 0 Å². The molecule has 0 unspecified atom stereocenters. The molecule has 0 aromatic heterocycles. The van der Waals surface area contributed by atoms with Gasteiger partial charge in [0.1, 0.15) is 0 Å². The van der Waals surface area contributed by atoms with Gasteiger partial charge in [-0.05, 0) is 165 Å². The van der Waals surface area contributed by atoms with Crippen LogP contribution in [0.15, 0.2) is 237 Å². The molecule has 10 aromatic rings. The molecule has 1 nitrogen and oxygen atoms in total. The molecule has 0 N–H and O–H groups in total. The van der Waals surface area contributed by atoms with Crippen LogP contribution < -0.4 is 4.90 Å². The van der Waals surface area contributed by atoms with Crippen molar-refractivity contribution in [2.45, 2.75) is 57.8 Å². The molecule has 0 bridgehead atoms. The van der Waals surface area contributed by atoms with E-state index >= 15 is 0 Å². The molecule has 0 atom stereocenters. The topological polar surface area (TPSA) is 3.24 Å². The molecule has 342 valence electrons. The first kappa shape index (κ1) is 43.1. The lowest BCUT2D eigenvalue weighted by molar-refractivity contribution is 0.125. The van der Waals surface area contributed by atoms with Crippen LogP contribution in [0.5, 0.6) is 0 Å². The second kappa shape index (κ2) is 15.8. The fourth-order valence-electron chi connectivity index (χ4n) is 12.9. The lowest BCUT2D eigenvalue weighted by atomic mass is 9.59. The standard InChI is InChI=1S/C70H57N/c1-67(2)64-42-35-51(43-66(64)68(3,4)69(67,5)6)58-44-60-57-25-15-18-28-63(57)70(61-26-16-13-23-55(61)56-24-14-17-27-62(56)70)65(60)45-59(58)50-33-40-54(41-34-50)71(52-36-29-48(30-37-52)46-19-9-7-10-20-46)53-38-31-49(32-39-53)47-21-11-8-12-22-47/h7-45H,1-6H3. The van der Waals surface area contributed by atoms with Crippen molar-refractivity contribution in [1.29, 1.82) is 0 Å². The van der Waals surface area contributed by atoms with E-state index < -0.39 is 5.41 Å². The molecule has 0 heterocycles. The maximum Gasteiger partial charge on any atom is 0.0725 e. The molecule has 0 radical (unpaired) electrons. The highest BCUT2D eigenvalue weighted by Gasteiger charge is 2.57. The van der Waals surface area contributed by atoms with Gasteiger partial charge in [0.15, 0.2) is 0 Å². The van der Waals surface area contributed by atoms with Crippen LogP contribution in [0.2, 0.25) is 0 Å². The zero-order chi connectivity index (χ0) is 48.3. The number of anilines is 3. The average molecular weight is 912 g/mol. The number of nitrogens with zero attached hydrogens (tertiary/aromatic N) is 1. The van der Waals surface area contributed by atoms with E-state index in [-0.39, 0.29) is 16.2 Å². The second-order valence-electron chi connectivity index (χ2n) is 21.7. The normalized spacial score (nSPS) is 15.6. The van der Waals surface area contributed by atoms with Crippen molar-refractivity contribution >= 4 is 17.1 Å². The monoisotopic (exact) mass is 911 g/mol. The predicted octanol–water partition coefficient (Wildman–Crippen LogP) is 18.8. The van der Waals surface area contributed by atoms with E-state index in [9.17, 15) is 0 Å². The minimum absolute atomic E-state index is 0.0190. The summed E-state index contributed by atoms with van der Waals surface area (Å²) >= 11 is 0. The molecule has 1 spiro atoms. The Morgan fingerprint density at radius 1 is 0.239 bits per heavy atom. The van der Waals surface area contributed by atoms with Crippen LogP contribution in [0.1, 0.15) is 74.9 Å². The van der Waals surface area contributed by atoms with Crippen molar-refractivity contribution in [3.63, 3.8) is 0 Å². The van der Waals surface area contributed by atoms with Crippen molar-refractivity contribution < 1.29 is 0 Å². The van der Waals surface area contributed by atoms with E-state index in [4.69, 9.17) is 0 Å². The van der Waals surface area contributed by atoms with Crippen molar-refractivity contribution in [3.8, 4) is 66.8 Å². The Bertz CT molecular complexity index is 3560. The molecule has 13 rings (SSSR count). The Morgan fingerprint density at radius 3 is 1.08 bits per heavy atom. The lowest BCUT2D eigenvalue weighted by Gasteiger charge is -2.44. The smallest absolute Gasteiger partial charge is 0.0725 e. The van der Waals surface area contributed by atoms with E-state index in [0.29, 0.717) is 0 Å². The summed E-state index contributed by atoms with van der Waals surface area (Å²) in [7, 11) is 0. The van der Waals surface area contributed by atoms with Crippen molar-refractivity contribution in [3.05, 3.63) is 270 Å². The largest absolute Gasteiger partial charge is 0.311 e. The Hall–Kier alpha value is -8.00. The molecule has 1 heteroatoms. The first-order valence-electron chi connectivity index (χ1n) is 25.3. The number of rotatable bonds is 7. The molecule has 71 heavy (non-hydrogen) atoms. The summed E-state index contributed by atoms with van der Waals surface area (Å²) in [6.07, 6.45) is 0. The second-order valence-corrected chi connectivity index (χ2v) is 21.7. The van der Waals surface area contributed by atoms with Crippen LogP contribution in [0.4, 0.5) is 17.1 Å². The molecule has 0 amide bonds. The van der Waals surface area contributed by atoms with Crippen LogP contribution in [0, 0.1) is 5.41 Å². The van der Waals surface area contributed by atoms with Gasteiger partial charge in [-0.1, -0.05) is 230 Å². The third-order valence-electron chi connectivity index (χ3n) is 17.8. The Morgan fingerprint density at radius 2 is 0.606 bits per heavy atom. The van der Waals surface area contributed by atoms with Gasteiger partial charge in [0.05, 0.1) is 5.41 Å². The fraction of sp³-hybridized carbons (Fsp3) is 0.143. The Labute approximate surface area is 419 Å². The summed E-state index contributed by atoms with van der Waals surface area (Å²) in [6, 6.07) is 88.6. The van der Waals surface area contributed by atoms with Gasteiger partial charge in [-0.25, -0.2) is 0 Å². The van der Waals surface area contributed by atoms with Crippen molar-refractivity contribution in [2.24, 2.45) is 5.41 Å². The van der Waals surface area contributed by atoms with Gasteiger partial charge in [0.2, 0.25) is 0 Å². The third-order valence-corrected chi connectivity index (χ3v) is 17.8. The Kier molecular flexibility index (Phi) is 9.55. The fourth-order valence-corrected chi connectivity index (χ4v) is 12.9. The van der Waals surface area contributed by atoms with Gasteiger partial charge in [0.25, 0.3) is 0 Å². The summed E-state index contributed by atoms with van der Waals surface area (Å²) in [5.41, 5.74) is 26.3. The van der Waals surface area contributed by atoms with Gasteiger partial charge in [-0.15, -0.1) is 0 Å². The molecule has 0 saturated heterocycles. The molecule has 3 aliphatic rings. The summed E-state index contributed by atoms with van der Waals surface area (Å²) in [5.74, 6) is 0. The SMILES string of the molecule is CC1(C)c2ccc(-c3cc4c(cc3-c3ccc(N(c5ccc(-c6ccccc6)cc5)c5ccc(-c6ccccc6)cc5)cc3)C3(c5ccccc5-c5ccccc53)c3ccccc3-4)cc2C(C)(C)C1(C)C. The molecule has 3 aliphatic carbocycles. The maximum atomic E-state index is 2.58. The average Bonchev–Trinajstić information content (AvgIpc) is 3.92. The van der Waals surface area contributed by atoms with Gasteiger partial charge < -0.3 is 4.90 Å². The van der Waals surface area contributed by atoms with Crippen molar-refractivity contribution in [2.75, 3.05) is 4.90 Å². The molecule has 10 aromatic carbocycles. The highest BCUT2D eigenvalue weighted by Crippen LogP contribution is 2.65. The highest BCUT2D eigenvalue weighted by molar-refractivity contribution is 5.99. The number of fused-ring (bicyclic) bond motifs is 11. The summed E-state index contributed by atoms with van der Waals surface area (Å²) in [6.45, 7) is 14.7.